The number of aliphatic hydroxyl groups is 1. The Hall–Kier alpha value is -1.68. The number of carbonyl (C=O) groups is 1. The maximum absolute atomic E-state index is 12.4. The minimum Gasteiger partial charge on any atom is -0.390 e. The monoisotopic (exact) mass is 410 g/mol. The number of aliphatic hydroxyl groups excluding tert-OH is 1. The molecule has 0 bridgehead atoms. The van der Waals surface area contributed by atoms with Gasteiger partial charge in [-0.3, -0.25) is 4.90 Å². The number of rotatable bonds is 5. The average Bonchev–Trinajstić information content (AvgIpc) is 2.92. The van der Waals surface area contributed by atoms with Gasteiger partial charge in [0.05, 0.1) is 12.4 Å². The molecule has 2 amide bonds. The van der Waals surface area contributed by atoms with Crippen LogP contribution in [-0.2, 0) is 23.0 Å². The van der Waals surface area contributed by atoms with E-state index < -0.39 is 16.1 Å². The lowest BCUT2D eigenvalue weighted by Gasteiger charge is -2.30. The van der Waals surface area contributed by atoms with E-state index in [1.807, 2.05) is 6.07 Å². The third-order valence-corrected chi connectivity index (χ3v) is 6.68. The van der Waals surface area contributed by atoms with Crippen molar-refractivity contribution in [2.75, 3.05) is 52.1 Å². The SMILES string of the molecule is CS(=O)(=O)N1CCCN(C(=O)NC[C@H](O)CN2CCc3ccccc3C2)CC1. The van der Waals surface area contributed by atoms with Crippen LogP contribution in [0.1, 0.15) is 17.5 Å². The van der Waals surface area contributed by atoms with Gasteiger partial charge in [0, 0.05) is 52.4 Å². The number of urea groups is 1. The predicted octanol–water partition coefficient (Wildman–Crippen LogP) is 0.0825. The van der Waals surface area contributed by atoms with E-state index in [1.165, 1.54) is 21.7 Å². The smallest absolute Gasteiger partial charge is 0.317 e. The number of carbonyl (C=O) groups excluding carboxylic acids is 1. The number of sulfonamides is 1. The van der Waals surface area contributed by atoms with E-state index >= 15 is 0 Å². The number of hydrogen-bond acceptors (Lipinski definition) is 5. The fourth-order valence-electron chi connectivity index (χ4n) is 3.82. The van der Waals surface area contributed by atoms with Gasteiger partial charge >= 0.3 is 6.03 Å². The number of benzene rings is 1. The lowest BCUT2D eigenvalue weighted by Crippen LogP contribution is -2.47. The maximum Gasteiger partial charge on any atom is 0.317 e. The highest BCUT2D eigenvalue weighted by Gasteiger charge is 2.24. The second-order valence-corrected chi connectivity index (χ2v) is 9.58. The van der Waals surface area contributed by atoms with Crippen LogP contribution in [0.2, 0.25) is 0 Å². The van der Waals surface area contributed by atoms with E-state index in [4.69, 9.17) is 0 Å². The van der Waals surface area contributed by atoms with Crippen LogP contribution in [0.15, 0.2) is 24.3 Å². The molecule has 1 aromatic rings. The molecule has 2 heterocycles. The summed E-state index contributed by atoms with van der Waals surface area (Å²) in [6.45, 7) is 4.02. The highest BCUT2D eigenvalue weighted by molar-refractivity contribution is 7.88. The molecule has 0 aromatic heterocycles. The molecule has 1 atom stereocenters. The number of β-amino-alcohol motifs (C(OH)–C–C–N with tert-alkyl or cyclic N) is 1. The van der Waals surface area contributed by atoms with Crippen LogP contribution < -0.4 is 5.32 Å². The normalized spacial score (nSPS) is 20.3. The molecule has 0 radical (unpaired) electrons. The number of nitrogens with zero attached hydrogens (tertiary/aromatic N) is 3. The highest BCUT2D eigenvalue weighted by Crippen LogP contribution is 2.18. The summed E-state index contributed by atoms with van der Waals surface area (Å²) in [5, 5.41) is 13.1. The summed E-state index contributed by atoms with van der Waals surface area (Å²) in [5.41, 5.74) is 2.66. The van der Waals surface area contributed by atoms with Gasteiger partial charge in [-0.2, -0.15) is 0 Å². The molecule has 2 aliphatic rings. The Labute approximate surface area is 167 Å². The van der Waals surface area contributed by atoms with Crippen LogP contribution in [0.3, 0.4) is 0 Å². The Balaban J connectivity index is 1.42. The van der Waals surface area contributed by atoms with Gasteiger partial charge < -0.3 is 15.3 Å². The van der Waals surface area contributed by atoms with E-state index in [0.717, 1.165) is 19.5 Å². The third-order valence-electron chi connectivity index (χ3n) is 5.38. The van der Waals surface area contributed by atoms with Crippen molar-refractivity contribution in [1.29, 1.82) is 0 Å². The first-order valence-electron chi connectivity index (χ1n) is 9.78. The fraction of sp³-hybridized carbons (Fsp3) is 0.632. The molecule has 0 aliphatic carbocycles. The molecule has 1 fully saturated rings. The minimum absolute atomic E-state index is 0.184. The zero-order valence-electron chi connectivity index (χ0n) is 16.4. The Bertz CT molecular complexity index is 786. The van der Waals surface area contributed by atoms with Crippen LogP contribution in [-0.4, -0.2) is 91.8 Å². The highest BCUT2D eigenvalue weighted by atomic mass is 32.2. The Morgan fingerprint density at radius 2 is 1.89 bits per heavy atom. The first-order chi connectivity index (χ1) is 13.3. The molecule has 1 aromatic carbocycles. The van der Waals surface area contributed by atoms with Gasteiger partial charge in [0.1, 0.15) is 0 Å². The van der Waals surface area contributed by atoms with Gasteiger partial charge in [-0.15, -0.1) is 0 Å². The topological polar surface area (TPSA) is 93.2 Å². The second-order valence-electron chi connectivity index (χ2n) is 7.60. The lowest BCUT2D eigenvalue weighted by molar-refractivity contribution is 0.103. The molecule has 0 unspecified atom stereocenters. The van der Waals surface area contributed by atoms with E-state index in [-0.39, 0.29) is 12.6 Å². The molecule has 0 saturated carbocycles. The van der Waals surface area contributed by atoms with Gasteiger partial charge in [-0.25, -0.2) is 17.5 Å². The van der Waals surface area contributed by atoms with Crippen LogP contribution in [0.4, 0.5) is 4.79 Å². The minimum atomic E-state index is -3.23. The first-order valence-corrected chi connectivity index (χ1v) is 11.6. The molecule has 0 spiro atoms. The fourth-order valence-corrected chi connectivity index (χ4v) is 4.69. The van der Waals surface area contributed by atoms with Crippen LogP contribution in [0, 0.1) is 0 Å². The quantitative estimate of drug-likeness (QED) is 0.717. The van der Waals surface area contributed by atoms with Crippen LogP contribution in [0.5, 0.6) is 0 Å². The van der Waals surface area contributed by atoms with Crippen molar-refractivity contribution in [1.82, 2.24) is 19.4 Å². The summed E-state index contributed by atoms with van der Waals surface area (Å²) < 4.78 is 24.7. The van der Waals surface area contributed by atoms with Gasteiger partial charge in [-0.1, -0.05) is 24.3 Å². The van der Waals surface area contributed by atoms with Crippen molar-refractivity contribution in [2.24, 2.45) is 0 Å². The van der Waals surface area contributed by atoms with E-state index in [1.54, 1.807) is 4.90 Å². The standard InChI is InChI=1S/C19H30N4O4S/c1-28(26,27)23-9-4-8-22(11-12-23)19(25)20-13-18(24)15-21-10-7-16-5-2-3-6-17(16)14-21/h2-3,5-6,18,24H,4,7-15H2,1H3,(H,20,25)/t18-/m0/s1. The molecular formula is C19H30N4O4S. The van der Waals surface area contributed by atoms with E-state index in [0.29, 0.717) is 39.1 Å². The molecule has 156 valence electrons. The van der Waals surface area contributed by atoms with Gasteiger partial charge in [0.15, 0.2) is 0 Å². The summed E-state index contributed by atoms with van der Waals surface area (Å²) >= 11 is 0. The molecule has 8 nitrogen and oxygen atoms in total. The van der Waals surface area contributed by atoms with Crippen molar-refractivity contribution in [2.45, 2.75) is 25.5 Å². The maximum atomic E-state index is 12.4. The number of hydrogen-bond donors (Lipinski definition) is 2. The molecule has 2 N–H and O–H groups in total. The lowest BCUT2D eigenvalue weighted by atomic mass is 10.00. The first kappa shape index (κ1) is 21.0. The zero-order valence-corrected chi connectivity index (χ0v) is 17.2. The molecule has 28 heavy (non-hydrogen) atoms. The summed E-state index contributed by atoms with van der Waals surface area (Å²) in [6.07, 6.45) is 2.13. The summed E-state index contributed by atoms with van der Waals surface area (Å²) in [7, 11) is -3.23. The van der Waals surface area contributed by atoms with E-state index in [9.17, 15) is 18.3 Å². The van der Waals surface area contributed by atoms with Gasteiger partial charge in [0.2, 0.25) is 10.0 Å². The van der Waals surface area contributed by atoms with Gasteiger partial charge in [0.25, 0.3) is 0 Å². The Morgan fingerprint density at radius 1 is 1.14 bits per heavy atom. The van der Waals surface area contributed by atoms with E-state index in [2.05, 4.69) is 28.4 Å². The molecule has 1 saturated heterocycles. The van der Waals surface area contributed by atoms with Crippen molar-refractivity contribution >= 4 is 16.1 Å². The van der Waals surface area contributed by atoms with Crippen molar-refractivity contribution < 1.29 is 18.3 Å². The summed E-state index contributed by atoms with van der Waals surface area (Å²) in [4.78, 5) is 16.2. The Morgan fingerprint density at radius 3 is 2.64 bits per heavy atom. The van der Waals surface area contributed by atoms with Crippen molar-refractivity contribution in [3.8, 4) is 0 Å². The largest absolute Gasteiger partial charge is 0.390 e. The number of amides is 2. The summed E-state index contributed by atoms with van der Waals surface area (Å²) in [5.74, 6) is 0. The van der Waals surface area contributed by atoms with Crippen LogP contribution in [0.25, 0.3) is 0 Å². The van der Waals surface area contributed by atoms with Crippen molar-refractivity contribution in [3.05, 3.63) is 35.4 Å². The van der Waals surface area contributed by atoms with Crippen molar-refractivity contribution in [3.63, 3.8) is 0 Å². The summed E-state index contributed by atoms with van der Waals surface area (Å²) in [6, 6.07) is 8.10. The van der Waals surface area contributed by atoms with Crippen LogP contribution >= 0.6 is 0 Å². The number of fused-ring (bicyclic) bond motifs is 1. The molecule has 9 heteroatoms. The average molecular weight is 411 g/mol. The molecular weight excluding hydrogens is 380 g/mol. The second kappa shape index (κ2) is 9.21. The predicted molar refractivity (Wildman–Crippen MR) is 107 cm³/mol. The zero-order chi connectivity index (χ0) is 20.1. The Kier molecular flexibility index (Phi) is 6.92. The number of nitrogens with one attached hydrogen (secondary N) is 1. The van der Waals surface area contributed by atoms with Gasteiger partial charge in [-0.05, 0) is 24.0 Å². The third kappa shape index (κ3) is 5.66. The molecule has 2 aliphatic heterocycles. The molecule has 3 rings (SSSR count).